The lowest BCUT2D eigenvalue weighted by Gasteiger charge is -2.16. The fourth-order valence-corrected chi connectivity index (χ4v) is 2.87. The lowest BCUT2D eigenvalue weighted by Crippen LogP contribution is -2.31. The van der Waals surface area contributed by atoms with Gasteiger partial charge in [0, 0.05) is 35.6 Å². The van der Waals surface area contributed by atoms with E-state index in [-0.39, 0.29) is 17.4 Å². The summed E-state index contributed by atoms with van der Waals surface area (Å²) in [6, 6.07) is 4.84. The van der Waals surface area contributed by atoms with Crippen LogP contribution in [0.2, 0.25) is 0 Å². The van der Waals surface area contributed by atoms with Crippen LogP contribution in [-0.4, -0.2) is 29.5 Å². The van der Waals surface area contributed by atoms with Crippen molar-refractivity contribution in [3.63, 3.8) is 0 Å². The molecule has 1 aromatic heterocycles. The second-order valence-corrected chi connectivity index (χ2v) is 6.36. The van der Waals surface area contributed by atoms with Crippen molar-refractivity contribution in [2.75, 3.05) is 18.6 Å². The first-order valence-electron chi connectivity index (χ1n) is 8.73. The SMILES string of the molecule is COc1cc(C(=O)NC2=NC=CCC2)ccc1C(=N)c1c(N)ncc(C)c1N. The number of hydrogen-bond donors (Lipinski definition) is 4. The predicted octanol–water partition coefficient (Wildman–Crippen LogP) is 2.41. The Bertz CT molecular complexity index is 1010. The van der Waals surface area contributed by atoms with E-state index in [0.29, 0.717) is 40.4 Å². The van der Waals surface area contributed by atoms with Crippen LogP contribution in [0.25, 0.3) is 0 Å². The van der Waals surface area contributed by atoms with Crippen LogP contribution in [0.4, 0.5) is 11.5 Å². The van der Waals surface area contributed by atoms with Gasteiger partial charge < -0.3 is 21.5 Å². The number of aromatic nitrogens is 1. The molecular weight excluding hydrogens is 356 g/mol. The fourth-order valence-electron chi connectivity index (χ4n) is 2.87. The summed E-state index contributed by atoms with van der Waals surface area (Å²) in [6.07, 6.45) is 6.70. The standard InChI is InChI=1S/C20H22N6O2/c1-11-10-25-19(23)16(17(11)21)18(22)13-7-6-12(9-14(13)28-2)20(27)26-15-5-3-4-8-24-15/h4,6-10,22H,3,5H2,1-2H3,(H4,21,23,25)(H,24,26,27). The molecule has 0 radical (unpaired) electrons. The lowest BCUT2D eigenvalue weighted by molar-refractivity contribution is 0.0976. The molecule has 3 rings (SSSR count). The number of allylic oxidation sites excluding steroid dienone is 1. The van der Waals surface area contributed by atoms with Gasteiger partial charge in [-0.25, -0.2) is 9.98 Å². The highest BCUT2D eigenvalue weighted by Crippen LogP contribution is 2.29. The van der Waals surface area contributed by atoms with Gasteiger partial charge in [0.2, 0.25) is 0 Å². The van der Waals surface area contributed by atoms with E-state index in [1.54, 1.807) is 37.5 Å². The molecule has 144 valence electrons. The smallest absolute Gasteiger partial charge is 0.256 e. The van der Waals surface area contributed by atoms with Crippen molar-refractivity contribution in [3.05, 3.63) is 58.9 Å². The average Bonchev–Trinajstić information content (AvgIpc) is 2.71. The molecule has 2 aromatic rings. The molecule has 0 unspecified atom stereocenters. The number of anilines is 2. The van der Waals surface area contributed by atoms with Crippen LogP contribution < -0.4 is 21.5 Å². The Hall–Kier alpha value is -3.68. The molecule has 0 bridgehead atoms. The minimum atomic E-state index is -0.290. The molecule has 0 aliphatic carbocycles. The number of nitrogen functional groups attached to an aromatic ring is 2. The average molecular weight is 378 g/mol. The highest BCUT2D eigenvalue weighted by molar-refractivity contribution is 6.18. The third-order valence-corrected chi connectivity index (χ3v) is 4.47. The van der Waals surface area contributed by atoms with Crippen molar-refractivity contribution in [2.24, 2.45) is 4.99 Å². The van der Waals surface area contributed by atoms with Crippen molar-refractivity contribution in [1.82, 2.24) is 10.3 Å². The van der Waals surface area contributed by atoms with Gasteiger partial charge in [-0.05, 0) is 37.1 Å². The van der Waals surface area contributed by atoms with E-state index in [2.05, 4.69) is 15.3 Å². The number of nitrogens with one attached hydrogen (secondary N) is 2. The Labute approximate surface area is 162 Å². The number of carbonyl (C=O) groups excluding carboxylic acids is 1. The van der Waals surface area contributed by atoms with Crippen LogP contribution in [0.15, 0.2) is 41.7 Å². The van der Waals surface area contributed by atoms with Crippen molar-refractivity contribution in [1.29, 1.82) is 5.41 Å². The summed E-state index contributed by atoms with van der Waals surface area (Å²) in [5, 5.41) is 11.4. The molecule has 1 aliphatic rings. The predicted molar refractivity (Wildman–Crippen MR) is 110 cm³/mol. The maximum absolute atomic E-state index is 12.5. The second-order valence-electron chi connectivity index (χ2n) is 6.36. The minimum Gasteiger partial charge on any atom is -0.496 e. The van der Waals surface area contributed by atoms with Crippen LogP contribution >= 0.6 is 0 Å². The number of nitrogens with two attached hydrogens (primary N) is 2. The van der Waals surface area contributed by atoms with Crippen molar-refractivity contribution >= 4 is 29.0 Å². The van der Waals surface area contributed by atoms with Crippen LogP contribution in [-0.2, 0) is 0 Å². The summed E-state index contributed by atoms with van der Waals surface area (Å²) in [5.74, 6) is 0.861. The molecule has 0 atom stereocenters. The number of methoxy groups -OCH3 is 1. The Kier molecular flexibility index (Phi) is 5.39. The molecule has 0 saturated carbocycles. The number of hydrogen-bond acceptors (Lipinski definition) is 7. The largest absolute Gasteiger partial charge is 0.496 e. The van der Waals surface area contributed by atoms with Crippen molar-refractivity contribution in [3.8, 4) is 5.75 Å². The number of benzene rings is 1. The van der Waals surface area contributed by atoms with Gasteiger partial charge in [0.05, 0.1) is 18.4 Å². The highest BCUT2D eigenvalue weighted by atomic mass is 16.5. The van der Waals surface area contributed by atoms with Gasteiger partial charge >= 0.3 is 0 Å². The van der Waals surface area contributed by atoms with E-state index in [0.717, 1.165) is 12.0 Å². The fraction of sp³-hybridized carbons (Fsp3) is 0.200. The number of ether oxygens (including phenoxy) is 1. The monoisotopic (exact) mass is 378 g/mol. The molecule has 6 N–H and O–H groups in total. The van der Waals surface area contributed by atoms with Crippen LogP contribution in [0.5, 0.6) is 5.75 Å². The molecule has 8 nitrogen and oxygen atoms in total. The van der Waals surface area contributed by atoms with Gasteiger partial charge in [0.25, 0.3) is 5.91 Å². The van der Waals surface area contributed by atoms with E-state index in [1.807, 2.05) is 6.08 Å². The first-order valence-corrected chi connectivity index (χ1v) is 8.73. The van der Waals surface area contributed by atoms with E-state index in [4.69, 9.17) is 21.6 Å². The number of amides is 1. The first kappa shape index (κ1) is 19.1. The third-order valence-electron chi connectivity index (χ3n) is 4.47. The highest BCUT2D eigenvalue weighted by Gasteiger charge is 2.20. The minimum absolute atomic E-state index is 0.0804. The summed E-state index contributed by atoms with van der Waals surface area (Å²) >= 11 is 0. The molecule has 2 heterocycles. The number of nitrogens with zero attached hydrogens (tertiary/aromatic N) is 2. The molecule has 1 aromatic carbocycles. The first-order chi connectivity index (χ1) is 13.4. The summed E-state index contributed by atoms with van der Waals surface area (Å²) in [7, 11) is 1.48. The Morgan fingerprint density at radius 1 is 1.32 bits per heavy atom. The Balaban J connectivity index is 1.93. The number of aliphatic imine (C=N–C) groups is 1. The van der Waals surface area contributed by atoms with E-state index < -0.39 is 0 Å². The number of amidine groups is 1. The number of pyridine rings is 1. The molecular formula is C20H22N6O2. The Morgan fingerprint density at radius 3 is 2.79 bits per heavy atom. The van der Waals surface area contributed by atoms with Gasteiger partial charge in [0.15, 0.2) is 0 Å². The molecule has 0 fully saturated rings. The second kappa shape index (κ2) is 7.91. The zero-order chi connectivity index (χ0) is 20.3. The van der Waals surface area contributed by atoms with Gasteiger partial charge in [-0.3, -0.25) is 10.2 Å². The van der Waals surface area contributed by atoms with E-state index >= 15 is 0 Å². The quantitative estimate of drug-likeness (QED) is 0.605. The van der Waals surface area contributed by atoms with Crippen LogP contribution in [0.1, 0.15) is 39.9 Å². The van der Waals surface area contributed by atoms with Crippen molar-refractivity contribution < 1.29 is 9.53 Å². The normalized spacial score (nSPS) is 13.0. The number of carbonyl (C=O) groups is 1. The topological polar surface area (TPSA) is 139 Å². The molecule has 1 aliphatic heterocycles. The lowest BCUT2D eigenvalue weighted by atomic mass is 9.97. The number of rotatable bonds is 4. The third kappa shape index (κ3) is 3.71. The zero-order valence-corrected chi connectivity index (χ0v) is 15.7. The van der Waals surface area contributed by atoms with Crippen molar-refractivity contribution in [2.45, 2.75) is 19.8 Å². The van der Waals surface area contributed by atoms with E-state index in [1.165, 1.54) is 7.11 Å². The summed E-state index contributed by atoms with van der Waals surface area (Å²) in [6.45, 7) is 1.80. The van der Waals surface area contributed by atoms with Gasteiger partial charge in [-0.2, -0.15) is 0 Å². The molecule has 1 amide bonds. The molecule has 8 heteroatoms. The van der Waals surface area contributed by atoms with Gasteiger partial charge in [-0.15, -0.1) is 0 Å². The van der Waals surface area contributed by atoms with Gasteiger partial charge in [-0.1, -0.05) is 6.08 Å². The summed E-state index contributed by atoms with van der Waals surface area (Å²) < 4.78 is 5.41. The Morgan fingerprint density at radius 2 is 2.11 bits per heavy atom. The summed E-state index contributed by atoms with van der Waals surface area (Å²) in [5.41, 5.74) is 14.5. The molecule has 28 heavy (non-hydrogen) atoms. The maximum Gasteiger partial charge on any atom is 0.256 e. The van der Waals surface area contributed by atoms with Crippen LogP contribution in [0, 0.1) is 12.3 Å². The van der Waals surface area contributed by atoms with E-state index in [9.17, 15) is 4.79 Å². The number of aryl methyl sites for hydroxylation is 1. The van der Waals surface area contributed by atoms with Gasteiger partial charge in [0.1, 0.15) is 17.4 Å². The summed E-state index contributed by atoms with van der Waals surface area (Å²) in [4.78, 5) is 20.8. The van der Waals surface area contributed by atoms with Crippen LogP contribution in [0.3, 0.4) is 0 Å². The maximum atomic E-state index is 12.5. The molecule has 0 saturated heterocycles. The molecule has 0 spiro atoms. The zero-order valence-electron chi connectivity index (χ0n) is 15.7.